The molecule has 1 saturated heterocycles. The highest BCUT2D eigenvalue weighted by molar-refractivity contribution is 5.42. The number of hydrogen-bond donors (Lipinski definition) is 1. The second kappa shape index (κ2) is 7.66. The molecule has 0 aromatic heterocycles. The Labute approximate surface area is 127 Å². The molecule has 2 atom stereocenters. The minimum absolute atomic E-state index is 0.0888. The minimum Gasteiger partial charge on any atom is -0.497 e. The standard InChI is InChI=1S/C17H27NO3/c1-12(2)18-11-13-6-5-9-21-17(13)15-8-7-14(19-3)10-16(15)20-4/h7-8,10,12-13,17-18H,5-6,9,11H2,1-4H3. The molecule has 118 valence electrons. The zero-order chi connectivity index (χ0) is 15.2. The lowest BCUT2D eigenvalue weighted by Gasteiger charge is -2.33. The highest BCUT2D eigenvalue weighted by Crippen LogP contribution is 2.39. The molecule has 1 heterocycles. The van der Waals surface area contributed by atoms with E-state index in [1.54, 1.807) is 14.2 Å². The lowest BCUT2D eigenvalue weighted by Crippen LogP contribution is -2.35. The van der Waals surface area contributed by atoms with Gasteiger partial charge in [-0.15, -0.1) is 0 Å². The van der Waals surface area contributed by atoms with Gasteiger partial charge in [0.1, 0.15) is 11.5 Å². The highest BCUT2D eigenvalue weighted by Gasteiger charge is 2.29. The molecule has 1 fully saturated rings. The third-order valence-electron chi connectivity index (χ3n) is 3.98. The zero-order valence-electron chi connectivity index (χ0n) is 13.5. The summed E-state index contributed by atoms with van der Waals surface area (Å²) in [4.78, 5) is 0. The average Bonchev–Trinajstić information content (AvgIpc) is 2.52. The zero-order valence-corrected chi connectivity index (χ0v) is 13.5. The van der Waals surface area contributed by atoms with Gasteiger partial charge in [-0.2, -0.15) is 0 Å². The maximum absolute atomic E-state index is 6.06. The van der Waals surface area contributed by atoms with Gasteiger partial charge in [0, 0.05) is 36.7 Å². The summed E-state index contributed by atoms with van der Waals surface area (Å²) in [6, 6.07) is 6.46. The van der Waals surface area contributed by atoms with Crippen LogP contribution in [0, 0.1) is 5.92 Å². The summed E-state index contributed by atoms with van der Waals surface area (Å²) in [5.74, 6) is 2.13. The van der Waals surface area contributed by atoms with E-state index in [0.717, 1.165) is 36.6 Å². The van der Waals surface area contributed by atoms with Crippen molar-refractivity contribution in [2.45, 2.75) is 38.8 Å². The molecule has 0 saturated carbocycles. The van der Waals surface area contributed by atoms with Crippen LogP contribution >= 0.6 is 0 Å². The van der Waals surface area contributed by atoms with Gasteiger partial charge in [-0.3, -0.25) is 0 Å². The normalized spacial score (nSPS) is 22.3. The summed E-state index contributed by atoms with van der Waals surface area (Å²) in [6.07, 6.45) is 2.39. The van der Waals surface area contributed by atoms with Crippen LogP contribution in [0.25, 0.3) is 0 Å². The second-order valence-corrected chi connectivity index (χ2v) is 5.86. The van der Waals surface area contributed by atoms with Gasteiger partial charge in [0.25, 0.3) is 0 Å². The van der Waals surface area contributed by atoms with Crippen molar-refractivity contribution in [1.82, 2.24) is 5.32 Å². The molecule has 0 bridgehead atoms. The van der Waals surface area contributed by atoms with E-state index in [1.807, 2.05) is 12.1 Å². The van der Waals surface area contributed by atoms with Gasteiger partial charge in [-0.25, -0.2) is 0 Å². The van der Waals surface area contributed by atoms with Crippen LogP contribution in [0.4, 0.5) is 0 Å². The molecule has 21 heavy (non-hydrogen) atoms. The number of rotatable bonds is 6. The molecule has 1 aromatic rings. The predicted molar refractivity (Wildman–Crippen MR) is 84.1 cm³/mol. The Hall–Kier alpha value is -1.26. The Bertz CT molecular complexity index is 448. The van der Waals surface area contributed by atoms with Crippen molar-refractivity contribution in [3.63, 3.8) is 0 Å². The third-order valence-corrected chi connectivity index (χ3v) is 3.98. The third kappa shape index (κ3) is 4.11. The topological polar surface area (TPSA) is 39.7 Å². The first kappa shape index (κ1) is 16.1. The second-order valence-electron chi connectivity index (χ2n) is 5.86. The fraction of sp³-hybridized carbons (Fsp3) is 0.647. The molecule has 1 N–H and O–H groups in total. The van der Waals surface area contributed by atoms with Crippen LogP contribution in [0.2, 0.25) is 0 Å². The van der Waals surface area contributed by atoms with E-state index in [4.69, 9.17) is 14.2 Å². The lowest BCUT2D eigenvalue weighted by atomic mass is 9.88. The van der Waals surface area contributed by atoms with Crippen molar-refractivity contribution in [3.8, 4) is 11.5 Å². The maximum atomic E-state index is 6.06. The van der Waals surface area contributed by atoms with Crippen LogP contribution < -0.4 is 14.8 Å². The van der Waals surface area contributed by atoms with E-state index in [9.17, 15) is 0 Å². The Balaban J connectivity index is 2.20. The van der Waals surface area contributed by atoms with Crippen LogP contribution in [-0.4, -0.2) is 33.4 Å². The molecule has 1 aromatic carbocycles. The molecular formula is C17H27NO3. The van der Waals surface area contributed by atoms with E-state index in [0.29, 0.717) is 12.0 Å². The fourth-order valence-electron chi connectivity index (χ4n) is 2.84. The van der Waals surface area contributed by atoms with Gasteiger partial charge >= 0.3 is 0 Å². The number of ether oxygens (including phenoxy) is 3. The van der Waals surface area contributed by atoms with E-state index in [2.05, 4.69) is 25.2 Å². The maximum Gasteiger partial charge on any atom is 0.128 e. The van der Waals surface area contributed by atoms with E-state index >= 15 is 0 Å². The molecular weight excluding hydrogens is 266 g/mol. The van der Waals surface area contributed by atoms with Gasteiger partial charge in [0.15, 0.2) is 0 Å². The molecule has 0 aliphatic carbocycles. The molecule has 0 amide bonds. The van der Waals surface area contributed by atoms with Crippen molar-refractivity contribution in [1.29, 1.82) is 0 Å². The minimum atomic E-state index is 0.0888. The first-order chi connectivity index (χ1) is 10.2. The Morgan fingerprint density at radius 3 is 2.76 bits per heavy atom. The SMILES string of the molecule is COc1ccc(C2OCCCC2CNC(C)C)c(OC)c1. The van der Waals surface area contributed by atoms with Gasteiger partial charge in [-0.1, -0.05) is 13.8 Å². The Morgan fingerprint density at radius 2 is 2.10 bits per heavy atom. The number of hydrogen-bond acceptors (Lipinski definition) is 4. The quantitative estimate of drug-likeness (QED) is 0.874. The first-order valence-corrected chi connectivity index (χ1v) is 7.72. The summed E-state index contributed by atoms with van der Waals surface area (Å²) < 4.78 is 16.9. The van der Waals surface area contributed by atoms with Gasteiger partial charge in [0.05, 0.1) is 20.3 Å². The molecule has 2 unspecified atom stereocenters. The summed E-state index contributed by atoms with van der Waals surface area (Å²) >= 11 is 0. The van der Waals surface area contributed by atoms with Gasteiger partial charge in [0.2, 0.25) is 0 Å². The molecule has 0 spiro atoms. The smallest absolute Gasteiger partial charge is 0.128 e. The summed E-state index contributed by atoms with van der Waals surface area (Å²) in [5, 5.41) is 3.53. The van der Waals surface area contributed by atoms with Crippen LogP contribution in [-0.2, 0) is 4.74 Å². The van der Waals surface area contributed by atoms with Crippen molar-refractivity contribution < 1.29 is 14.2 Å². The van der Waals surface area contributed by atoms with Crippen LogP contribution in [0.15, 0.2) is 18.2 Å². The van der Waals surface area contributed by atoms with Gasteiger partial charge in [-0.05, 0) is 25.0 Å². The molecule has 4 nitrogen and oxygen atoms in total. The van der Waals surface area contributed by atoms with Crippen LogP contribution in [0.5, 0.6) is 11.5 Å². The summed E-state index contributed by atoms with van der Waals surface area (Å²) in [6.45, 7) is 6.13. The number of nitrogens with one attached hydrogen (secondary N) is 1. The van der Waals surface area contributed by atoms with Crippen LogP contribution in [0.3, 0.4) is 0 Å². The van der Waals surface area contributed by atoms with E-state index < -0.39 is 0 Å². The monoisotopic (exact) mass is 293 g/mol. The van der Waals surface area contributed by atoms with Crippen molar-refractivity contribution in [3.05, 3.63) is 23.8 Å². The van der Waals surface area contributed by atoms with E-state index in [1.165, 1.54) is 6.42 Å². The first-order valence-electron chi connectivity index (χ1n) is 7.72. The lowest BCUT2D eigenvalue weighted by molar-refractivity contribution is -0.0293. The predicted octanol–water partition coefficient (Wildman–Crippen LogP) is 3.17. The van der Waals surface area contributed by atoms with Gasteiger partial charge < -0.3 is 19.5 Å². The Kier molecular flexibility index (Phi) is 5.88. The molecule has 0 radical (unpaired) electrons. The highest BCUT2D eigenvalue weighted by atomic mass is 16.5. The average molecular weight is 293 g/mol. The molecule has 1 aliphatic heterocycles. The summed E-state index contributed by atoms with van der Waals surface area (Å²) in [7, 11) is 3.36. The molecule has 4 heteroatoms. The number of benzene rings is 1. The fourth-order valence-corrected chi connectivity index (χ4v) is 2.84. The van der Waals surface area contributed by atoms with Crippen molar-refractivity contribution >= 4 is 0 Å². The van der Waals surface area contributed by atoms with E-state index in [-0.39, 0.29) is 6.10 Å². The van der Waals surface area contributed by atoms with Crippen molar-refractivity contribution in [2.75, 3.05) is 27.4 Å². The molecule has 1 aliphatic rings. The number of methoxy groups -OCH3 is 2. The van der Waals surface area contributed by atoms with Crippen molar-refractivity contribution in [2.24, 2.45) is 5.92 Å². The summed E-state index contributed by atoms with van der Waals surface area (Å²) in [5.41, 5.74) is 1.12. The Morgan fingerprint density at radius 1 is 1.29 bits per heavy atom. The van der Waals surface area contributed by atoms with Crippen LogP contribution in [0.1, 0.15) is 38.4 Å². The largest absolute Gasteiger partial charge is 0.497 e. The molecule has 2 rings (SSSR count).